The van der Waals surface area contributed by atoms with Gasteiger partial charge in [-0.2, -0.15) is 0 Å². The van der Waals surface area contributed by atoms with Crippen LogP contribution in [0.25, 0.3) is 0 Å². The second kappa shape index (κ2) is 59.4. The molecule has 2 atom stereocenters. The molecule has 9 nitrogen and oxygen atoms in total. The lowest BCUT2D eigenvalue weighted by atomic mass is 10.0. The predicted molar refractivity (Wildman–Crippen MR) is 331 cm³/mol. The molecule has 1 N–H and O–H groups in total. The van der Waals surface area contributed by atoms with Crippen molar-refractivity contribution in [2.75, 3.05) is 47.5 Å². The molecule has 0 radical (unpaired) electrons. The molecular formula is C67H133NO8P+. The zero-order valence-corrected chi connectivity index (χ0v) is 53.1. The minimum atomic E-state index is -4.38. The summed E-state index contributed by atoms with van der Waals surface area (Å²) in [6.45, 7) is 4.50. The molecule has 0 saturated heterocycles. The van der Waals surface area contributed by atoms with E-state index < -0.39 is 26.5 Å². The SMILES string of the molecule is CCCCCCCCC/C=C\CCCCCCCCCC(=O)OC(COC(=O)CCCCCCCCCCCCCCCCCCCCCCCCCCCCCCCCCCCCC)COP(=O)(O)OCC[N+](C)(C)C. The number of likely N-dealkylation sites (N-methyl/N-ethyl adjacent to an activating group) is 1. The number of phosphoric acid groups is 1. The summed E-state index contributed by atoms with van der Waals surface area (Å²) in [4.78, 5) is 35.8. The van der Waals surface area contributed by atoms with Crippen molar-refractivity contribution in [3.8, 4) is 0 Å². The molecule has 0 aliphatic heterocycles. The molecule has 0 spiro atoms. The first kappa shape index (κ1) is 75.8. The molecular weight excluding hydrogens is 978 g/mol. The first-order chi connectivity index (χ1) is 37.5. The third-order valence-corrected chi connectivity index (χ3v) is 16.5. The first-order valence-corrected chi connectivity index (χ1v) is 35.4. The molecule has 10 heteroatoms. The number of allylic oxidation sites excluding steroid dienone is 2. The van der Waals surface area contributed by atoms with Gasteiger partial charge in [-0.1, -0.05) is 315 Å². The van der Waals surface area contributed by atoms with Crippen molar-refractivity contribution < 1.29 is 42.1 Å². The fourth-order valence-electron chi connectivity index (χ4n) is 10.3. The topological polar surface area (TPSA) is 108 Å². The molecule has 458 valence electrons. The number of phosphoric ester groups is 1. The number of esters is 2. The van der Waals surface area contributed by atoms with Crippen LogP contribution in [-0.4, -0.2) is 74.9 Å². The van der Waals surface area contributed by atoms with Crippen molar-refractivity contribution >= 4 is 19.8 Å². The minimum absolute atomic E-state index is 0.0346. The first-order valence-electron chi connectivity index (χ1n) is 33.9. The molecule has 0 aromatic carbocycles. The van der Waals surface area contributed by atoms with Gasteiger partial charge in [-0.25, -0.2) is 4.57 Å². The zero-order valence-electron chi connectivity index (χ0n) is 52.2. The highest BCUT2D eigenvalue weighted by atomic mass is 31.2. The monoisotopic (exact) mass is 1110 g/mol. The summed E-state index contributed by atoms with van der Waals surface area (Å²) < 4.78 is 34.6. The van der Waals surface area contributed by atoms with Gasteiger partial charge in [0.1, 0.15) is 19.8 Å². The highest BCUT2D eigenvalue weighted by Gasteiger charge is 2.27. The number of rotatable bonds is 64. The summed E-state index contributed by atoms with van der Waals surface area (Å²) in [7, 11) is 1.50. The molecule has 0 rings (SSSR count). The Morgan fingerprint density at radius 2 is 0.662 bits per heavy atom. The largest absolute Gasteiger partial charge is 0.472 e. The lowest BCUT2D eigenvalue weighted by Gasteiger charge is -2.24. The predicted octanol–water partition coefficient (Wildman–Crippen LogP) is 21.6. The second-order valence-corrected chi connectivity index (χ2v) is 26.0. The Labute approximate surface area is 479 Å². The van der Waals surface area contributed by atoms with Crippen molar-refractivity contribution in [1.29, 1.82) is 0 Å². The Morgan fingerprint density at radius 1 is 0.390 bits per heavy atom. The maximum absolute atomic E-state index is 12.8. The number of carbonyl (C=O) groups excluding carboxylic acids is 2. The smallest absolute Gasteiger partial charge is 0.462 e. The molecule has 0 saturated carbocycles. The van der Waals surface area contributed by atoms with Crippen LogP contribution in [0, 0.1) is 0 Å². The van der Waals surface area contributed by atoms with Gasteiger partial charge in [-0.15, -0.1) is 0 Å². The normalized spacial score (nSPS) is 13.2. The van der Waals surface area contributed by atoms with Crippen LogP contribution in [0.4, 0.5) is 0 Å². The maximum Gasteiger partial charge on any atom is 0.472 e. The summed E-state index contributed by atoms with van der Waals surface area (Å²) in [6, 6.07) is 0. The molecule has 0 aliphatic carbocycles. The molecule has 77 heavy (non-hydrogen) atoms. The van der Waals surface area contributed by atoms with Crippen molar-refractivity contribution in [2.24, 2.45) is 0 Å². The molecule has 2 unspecified atom stereocenters. The minimum Gasteiger partial charge on any atom is -0.462 e. The van der Waals surface area contributed by atoms with Gasteiger partial charge < -0.3 is 18.9 Å². The van der Waals surface area contributed by atoms with Gasteiger partial charge in [0.2, 0.25) is 0 Å². The standard InChI is InChI=1S/C67H132NO8P/c1-6-8-10-12-14-16-18-20-22-24-26-27-28-29-30-31-32-33-34-35-36-37-38-39-40-41-42-44-45-47-49-51-53-55-57-59-66(69)73-63-65(64-75-77(71,72)74-62-61-68(3,4)5)76-67(70)60-58-56-54-52-50-48-46-43-25-23-21-19-17-15-13-11-9-7-2/h23,25,65H,6-22,24,26-64H2,1-5H3/p+1/b25-23-. The lowest BCUT2D eigenvalue weighted by Crippen LogP contribution is -2.37. The Hall–Kier alpha value is -1.25. The quantitative estimate of drug-likeness (QED) is 0.0211. The van der Waals surface area contributed by atoms with Gasteiger partial charge in [0, 0.05) is 12.8 Å². The van der Waals surface area contributed by atoms with E-state index in [0.717, 1.165) is 44.9 Å². The molecule has 0 bridgehead atoms. The van der Waals surface area contributed by atoms with E-state index in [2.05, 4.69) is 26.0 Å². The third-order valence-electron chi connectivity index (χ3n) is 15.5. The Bertz CT molecular complexity index is 1300. The highest BCUT2D eigenvalue weighted by Crippen LogP contribution is 2.43. The molecule has 0 fully saturated rings. The number of carbonyl (C=O) groups is 2. The van der Waals surface area contributed by atoms with Gasteiger partial charge in [-0.3, -0.25) is 18.6 Å². The number of ether oxygens (including phenoxy) is 2. The summed E-state index contributed by atoms with van der Waals surface area (Å²) in [5, 5.41) is 0. The van der Waals surface area contributed by atoms with Crippen molar-refractivity contribution in [2.45, 2.75) is 360 Å². The molecule has 0 amide bonds. The fraction of sp³-hybridized carbons (Fsp3) is 0.940. The van der Waals surface area contributed by atoms with E-state index >= 15 is 0 Å². The van der Waals surface area contributed by atoms with E-state index in [1.165, 1.54) is 276 Å². The fourth-order valence-corrected chi connectivity index (χ4v) is 11.1. The number of quaternary nitrogens is 1. The number of hydrogen-bond donors (Lipinski definition) is 1. The Morgan fingerprint density at radius 3 is 0.961 bits per heavy atom. The van der Waals surface area contributed by atoms with Crippen LogP contribution in [0.5, 0.6) is 0 Å². The lowest BCUT2D eigenvalue weighted by molar-refractivity contribution is -0.870. The molecule has 0 heterocycles. The van der Waals surface area contributed by atoms with E-state index in [0.29, 0.717) is 23.9 Å². The van der Waals surface area contributed by atoms with Crippen molar-refractivity contribution in [1.82, 2.24) is 0 Å². The Balaban J connectivity index is 3.91. The van der Waals surface area contributed by atoms with Crippen molar-refractivity contribution in [3.05, 3.63) is 12.2 Å². The van der Waals surface area contributed by atoms with Crippen LogP contribution in [0.2, 0.25) is 0 Å². The summed E-state index contributed by atoms with van der Waals surface area (Å²) in [6.07, 6.45) is 71.9. The van der Waals surface area contributed by atoms with E-state index in [1.54, 1.807) is 0 Å². The van der Waals surface area contributed by atoms with E-state index in [-0.39, 0.29) is 25.6 Å². The summed E-state index contributed by atoms with van der Waals surface area (Å²) >= 11 is 0. The van der Waals surface area contributed by atoms with Gasteiger partial charge in [0.15, 0.2) is 6.10 Å². The van der Waals surface area contributed by atoms with E-state index in [1.807, 2.05) is 21.1 Å². The van der Waals surface area contributed by atoms with Gasteiger partial charge in [0.25, 0.3) is 0 Å². The highest BCUT2D eigenvalue weighted by molar-refractivity contribution is 7.47. The molecule has 0 aromatic rings. The number of hydrogen-bond acceptors (Lipinski definition) is 7. The Kier molecular flexibility index (Phi) is 58.4. The average Bonchev–Trinajstić information content (AvgIpc) is 3.39. The van der Waals surface area contributed by atoms with Crippen LogP contribution in [0.1, 0.15) is 354 Å². The van der Waals surface area contributed by atoms with Crippen LogP contribution < -0.4 is 0 Å². The second-order valence-electron chi connectivity index (χ2n) is 24.6. The summed E-state index contributed by atoms with van der Waals surface area (Å²) in [5.41, 5.74) is 0. The van der Waals surface area contributed by atoms with Crippen LogP contribution >= 0.6 is 7.82 Å². The van der Waals surface area contributed by atoms with Gasteiger partial charge in [-0.05, 0) is 38.5 Å². The van der Waals surface area contributed by atoms with E-state index in [4.69, 9.17) is 18.5 Å². The molecule has 0 aliphatic rings. The van der Waals surface area contributed by atoms with E-state index in [9.17, 15) is 19.0 Å². The zero-order chi connectivity index (χ0) is 56.3. The van der Waals surface area contributed by atoms with Gasteiger partial charge in [0.05, 0.1) is 27.7 Å². The summed E-state index contributed by atoms with van der Waals surface area (Å²) in [5.74, 6) is -0.781. The average molecular weight is 1110 g/mol. The number of nitrogens with zero attached hydrogens (tertiary/aromatic N) is 1. The van der Waals surface area contributed by atoms with Crippen LogP contribution in [0.3, 0.4) is 0 Å². The molecule has 0 aromatic heterocycles. The van der Waals surface area contributed by atoms with Gasteiger partial charge >= 0.3 is 19.8 Å². The third kappa shape index (κ3) is 63.8. The van der Waals surface area contributed by atoms with Crippen LogP contribution in [0.15, 0.2) is 12.2 Å². The van der Waals surface area contributed by atoms with Crippen molar-refractivity contribution in [3.63, 3.8) is 0 Å². The van der Waals surface area contributed by atoms with Crippen LogP contribution in [-0.2, 0) is 32.7 Å². The number of unbranched alkanes of at least 4 members (excludes halogenated alkanes) is 48. The maximum atomic E-state index is 12.8.